The van der Waals surface area contributed by atoms with Crippen LogP contribution in [0.4, 0.5) is 13.2 Å². The number of rotatable bonds is 7. The van der Waals surface area contributed by atoms with Crippen molar-refractivity contribution in [3.8, 4) is 0 Å². The Morgan fingerprint density at radius 2 is 1.86 bits per heavy atom. The van der Waals surface area contributed by atoms with E-state index in [4.69, 9.17) is 0 Å². The van der Waals surface area contributed by atoms with Crippen LogP contribution in [0.25, 0.3) is 0 Å². The molecule has 2 rings (SSSR count). The topological polar surface area (TPSA) is 25.8 Å². The molecule has 1 heterocycles. The van der Waals surface area contributed by atoms with E-state index >= 15 is 0 Å². The van der Waals surface area contributed by atoms with Gasteiger partial charge in [0, 0.05) is 11.5 Å². The molecule has 0 saturated heterocycles. The maximum absolute atomic E-state index is 12.7. The van der Waals surface area contributed by atoms with Crippen molar-refractivity contribution in [3.63, 3.8) is 0 Å². The van der Waals surface area contributed by atoms with E-state index < -0.39 is 11.7 Å². The van der Waals surface area contributed by atoms with E-state index in [1.54, 1.807) is 17.8 Å². The van der Waals surface area contributed by atoms with E-state index in [-0.39, 0.29) is 0 Å². The second-order valence-electron chi connectivity index (χ2n) is 4.52. The van der Waals surface area contributed by atoms with Crippen LogP contribution >= 0.6 is 34.9 Å². The molecule has 0 atom stereocenters. The summed E-state index contributed by atoms with van der Waals surface area (Å²) in [6.45, 7) is 2.14. The molecule has 0 N–H and O–H groups in total. The van der Waals surface area contributed by atoms with Crippen LogP contribution < -0.4 is 0 Å². The van der Waals surface area contributed by atoms with Crippen molar-refractivity contribution in [2.24, 2.45) is 0 Å². The van der Waals surface area contributed by atoms with Crippen LogP contribution in [0, 0.1) is 0 Å². The lowest BCUT2D eigenvalue weighted by Gasteiger charge is -2.07. The lowest BCUT2D eigenvalue weighted by atomic mass is 10.1. The Morgan fingerprint density at radius 1 is 1.14 bits per heavy atom. The molecule has 0 amide bonds. The number of alkyl halides is 3. The van der Waals surface area contributed by atoms with Crippen molar-refractivity contribution >= 4 is 34.9 Å². The first-order valence-electron chi connectivity index (χ1n) is 6.74. The molecule has 2 aromatic rings. The first-order valence-corrected chi connectivity index (χ1v) is 9.53. The summed E-state index contributed by atoms with van der Waals surface area (Å²) in [5, 5.41) is 8.16. The fraction of sp³-hybridized carbons (Fsp3) is 0.429. The first-order chi connectivity index (χ1) is 10.5. The van der Waals surface area contributed by atoms with Crippen molar-refractivity contribution in [2.45, 2.75) is 40.4 Å². The molecular formula is C14H15F3N2S3. The molecule has 0 fully saturated rings. The zero-order valence-electron chi connectivity index (χ0n) is 11.9. The van der Waals surface area contributed by atoms with Crippen LogP contribution in [-0.4, -0.2) is 16.0 Å². The predicted molar refractivity (Wildman–Crippen MR) is 86.5 cm³/mol. The number of thioether (sulfide) groups is 2. The monoisotopic (exact) mass is 364 g/mol. The number of nitrogens with zero attached hydrogens (tertiary/aromatic N) is 2. The van der Waals surface area contributed by atoms with E-state index in [2.05, 4.69) is 17.1 Å². The molecule has 0 unspecified atom stereocenters. The van der Waals surface area contributed by atoms with Crippen molar-refractivity contribution in [3.05, 3.63) is 35.4 Å². The molecule has 0 saturated carbocycles. The van der Waals surface area contributed by atoms with E-state index in [9.17, 15) is 13.2 Å². The number of hydrogen-bond acceptors (Lipinski definition) is 5. The largest absolute Gasteiger partial charge is 0.416 e. The SMILES string of the molecule is CCCCSc1nnc(SCc2cccc(C(F)(F)F)c2)s1. The average molecular weight is 364 g/mol. The highest BCUT2D eigenvalue weighted by molar-refractivity contribution is 8.02. The average Bonchev–Trinajstić information content (AvgIpc) is 2.93. The number of aromatic nitrogens is 2. The Hall–Kier alpha value is -0.730. The third-order valence-electron chi connectivity index (χ3n) is 2.73. The molecule has 1 aromatic carbocycles. The van der Waals surface area contributed by atoms with Crippen molar-refractivity contribution in [1.29, 1.82) is 0 Å². The van der Waals surface area contributed by atoms with Gasteiger partial charge in [0.1, 0.15) is 0 Å². The van der Waals surface area contributed by atoms with Crippen LogP contribution in [0.2, 0.25) is 0 Å². The lowest BCUT2D eigenvalue weighted by Crippen LogP contribution is -2.04. The molecular weight excluding hydrogens is 349 g/mol. The highest BCUT2D eigenvalue weighted by Gasteiger charge is 2.30. The summed E-state index contributed by atoms with van der Waals surface area (Å²) in [7, 11) is 0. The number of benzene rings is 1. The molecule has 0 radical (unpaired) electrons. The summed E-state index contributed by atoms with van der Waals surface area (Å²) in [6.07, 6.45) is -2.02. The van der Waals surface area contributed by atoms with Gasteiger partial charge in [-0.15, -0.1) is 10.2 Å². The van der Waals surface area contributed by atoms with Gasteiger partial charge in [-0.05, 0) is 18.1 Å². The standard InChI is InChI=1S/C14H15F3N2S3/c1-2-3-7-20-12-18-19-13(22-12)21-9-10-5-4-6-11(8-10)14(15,16)17/h4-6,8H,2-3,7,9H2,1H3. The van der Waals surface area contributed by atoms with Crippen LogP contribution in [0.5, 0.6) is 0 Å². The summed E-state index contributed by atoms with van der Waals surface area (Å²) >= 11 is 4.59. The Morgan fingerprint density at radius 3 is 2.55 bits per heavy atom. The second kappa shape index (κ2) is 8.21. The van der Waals surface area contributed by atoms with Gasteiger partial charge in [-0.3, -0.25) is 0 Å². The molecule has 120 valence electrons. The van der Waals surface area contributed by atoms with Crippen molar-refractivity contribution in [2.75, 3.05) is 5.75 Å². The van der Waals surface area contributed by atoms with E-state index in [0.717, 1.165) is 33.3 Å². The van der Waals surface area contributed by atoms with Gasteiger partial charge in [-0.25, -0.2) is 0 Å². The van der Waals surface area contributed by atoms with Crippen molar-refractivity contribution < 1.29 is 13.2 Å². The van der Waals surface area contributed by atoms with E-state index in [1.807, 2.05) is 0 Å². The Labute approximate surface area is 139 Å². The van der Waals surface area contributed by atoms with Gasteiger partial charge in [0.15, 0.2) is 8.68 Å². The Balaban J connectivity index is 1.90. The molecule has 0 aliphatic heterocycles. The summed E-state index contributed by atoms with van der Waals surface area (Å²) in [5.74, 6) is 1.47. The fourth-order valence-electron chi connectivity index (χ4n) is 1.60. The van der Waals surface area contributed by atoms with E-state index in [1.165, 1.54) is 35.2 Å². The Kier molecular flexibility index (Phi) is 6.58. The van der Waals surface area contributed by atoms with E-state index in [0.29, 0.717) is 11.3 Å². The van der Waals surface area contributed by atoms with Gasteiger partial charge in [-0.2, -0.15) is 13.2 Å². The van der Waals surface area contributed by atoms with Crippen LogP contribution in [0.15, 0.2) is 32.9 Å². The third-order valence-corrected chi connectivity index (χ3v) is 6.08. The molecule has 0 aliphatic carbocycles. The van der Waals surface area contributed by atoms with Gasteiger partial charge in [0.25, 0.3) is 0 Å². The zero-order chi connectivity index (χ0) is 16.0. The highest BCUT2D eigenvalue weighted by Crippen LogP contribution is 2.33. The minimum atomic E-state index is -4.30. The molecule has 0 bridgehead atoms. The van der Waals surface area contributed by atoms with Gasteiger partial charge >= 0.3 is 6.18 Å². The molecule has 0 aliphatic rings. The van der Waals surface area contributed by atoms with Gasteiger partial charge in [-0.1, -0.05) is 66.4 Å². The van der Waals surface area contributed by atoms with Gasteiger partial charge in [0.2, 0.25) is 0 Å². The third kappa shape index (κ3) is 5.48. The number of halogens is 3. The van der Waals surface area contributed by atoms with Gasteiger partial charge in [0.05, 0.1) is 5.56 Å². The minimum absolute atomic E-state index is 0.457. The smallest absolute Gasteiger partial charge is 0.166 e. The fourth-order valence-corrected chi connectivity index (χ4v) is 4.72. The maximum Gasteiger partial charge on any atom is 0.416 e. The summed E-state index contributed by atoms with van der Waals surface area (Å²) in [6, 6.07) is 5.40. The lowest BCUT2D eigenvalue weighted by molar-refractivity contribution is -0.137. The highest BCUT2D eigenvalue weighted by atomic mass is 32.2. The second-order valence-corrected chi connectivity index (χ2v) is 8.06. The Bertz CT molecular complexity index is 599. The quantitative estimate of drug-likeness (QED) is 0.462. The van der Waals surface area contributed by atoms with Crippen molar-refractivity contribution in [1.82, 2.24) is 10.2 Å². The summed E-state index contributed by atoms with van der Waals surface area (Å²) < 4.78 is 39.7. The predicted octanol–water partition coefficient (Wildman–Crippen LogP) is 5.74. The number of unbranched alkanes of at least 4 members (excludes halogenated alkanes) is 1. The molecule has 22 heavy (non-hydrogen) atoms. The maximum atomic E-state index is 12.7. The van der Waals surface area contributed by atoms with Crippen LogP contribution in [0.3, 0.4) is 0 Å². The first kappa shape index (κ1) is 17.6. The summed E-state index contributed by atoms with van der Waals surface area (Å²) in [4.78, 5) is 0. The zero-order valence-corrected chi connectivity index (χ0v) is 14.3. The molecule has 1 aromatic heterocycles. The van der Waals surface area contributed by atoms with Crippen LogP contribution in [-0.2, 0) is 11.9 Å². The number of hydrogen-bond donors (Lipinski definition) is 0. The van der Waals surface area contributed by atoms with Gasteiger partial charge < -0.3 is 0 Å². The minimum Gasteiger partial charge on any atom is -0.166 e. The summed E-state index contributed by atoms with van der Waals surface area (Å²) in [5.41, 5.74) is 0.0221. The molecule has 8 heteroatoms. The molecule has 2 nitrogen and oxygen atoms in total. The normalized spacial score (nSPS) is 11.8. The molecule has 0 spiro atoms. The van der Waals surface area contributed by atoms with Crippen LogP contribution in [0.1, 0.15) is 30.9 Å².